The molecule has 1 fully saturated rings. The van der Waals surface area contributed by atoms with Gasteiger partial charge in [0.25, 0.3) is 0 Å². The molecule has 2 aromatic carbocycles. The summed E-state index contributed by atoms with van der Waals surface area (Å²) in [5.74, 6) is -0.395. The van der Waals surface area contributed by atoms with E-state index in [1.165, 1.54) is 16.4 Å². The lowest BCUT2D eigenvalue weighted by Gasteiger charge is -2.35. The van der Waals surface area contributed by atoms with Crippen LogP contribution in [0.15, 0.2) is 47.4 Å². The molecule has 1 aromatic heterocycles. The number of carboxylic acid groups (broad SMARTS) is 1. The molecule has 2 unspecified atom stereocenters. The zero-order valence-electron chi connectivity index (χ0n) is 19.0. The molecule has 2 atom stereocenters. The van der Waals surface area contributed by atoms with E-state index in [9.17, 15) is 23.6 Å². The smallest absolute Gasteiger partial charge is 0.309 e. The molecule has 2 heterocycles. The van der Waals surface area contributed by atoms with Crippen LogP contribution in [0.2, 0.25) is 0 Å². The molecular weight excluding hydrogens is 456 g/mol. The maximum Gasteiger partial charge on any atom is 0.309 e. The number of nitriles is 1. The van der Waals surface area contributed by atoms with Gasteiger partial charge in [-0.25, -0.2) is 8.42 Å². The minimum absolute atomic E-state index is 0.110. The molecule has 1 aliphatic heterocycles. The van der Waals surface area contributed by atoms with Crippen molar-refractivity contribution in [1.29, 1.82) is 5.26 Å². The number of aryl methyl sites for hydroxylation is 1. The predicted octanol–water partition coefficient (Wildman–Crippen LogP) is 3.29. The third-order valence-corrected chi connectivity index (χ3v) is 7.94. The quantitative estimate of drug-likeness (QED) is 0.548. The van der Waals surface area contributed by atoms with Gasteiger partial charge in [0.15, 0.2) is 0 Å². The van der Waals surface area contributed by atoms with Crippen LogP contribution in [0.1, 0.15) is 37.1 Å². The summed E-state index contributed by atoms with van der Waals surface area (Å²) in [6.07, 6.45) is 0.495. The summed E-state index contributed by atoms with van der Waals surface area (Å²) in [5, 5.41) is 24.5. The Balaban J connectivity index is 1.63. The molecule has 3 aromatic rings. The van der Waals surface area contributed by atoms with E-state index in [4.69, 9.17) is 4.74 Å². The van der Waals surface area contributed by atoms with Crippen molar-refractivity contribution in [3.8, 4) is 11.8 Å². The first kappa shape index (κ1) is 23.7. The summed E-state index contributed by atoms with van der Waals surface area (Å²) < 4.78 is 35.0. The number of carboxylic acids is 1. The van der Waals surface area contributed by atoms with Gasteiger partial charge < -0.3 is 9.84 Å². The number of rotatable bonds is 7. The molecule has 10 heteroatoms. The van der Waals surface area contributed by atoms with E-state index in [2.05, 4.69) is 11.2 Å². The average molecular weight is 483 g/mol. The van der Waals surface area contributed by atoms with Gasteiger partial charge in [-0.2, -0.15) is 14.7 Å². The van der Waals surface area contributed by atoms with Gasteiger partial charge in [-0.15, -0.1) is 0 Å². The highest BCUT2D eigenvalue weighted by molar-refractivity contribution is 7.89. The Morgan fingerprint density at radius 1 is 1.26 bits per heavy atom. The molecule has 178 valence electrons. The molecule has 0 bridgehead atoms. The van der Waals surface area contributed by atoms with Crippen molar-refractivity contribution in [3.63, 3.8) is 0 Å². The van der Waals surface area contributed by atoms with E-state index in [1.54, 1.807) is 16.8 Å². The number of aromatic nitrogens is 2. The summed E-state index contributed by atoms with van der Waals surface area (Å²) in [4.78, 5) is 11.4. The standard InChI is InChI=1S/C24H26N4O5S/c1-3-33-19-5-7-20(8-6-19)34(31,32)27-11-10-17(13-18(27)15-25)28-23-12-16(2)4-9-21(23)22(26-28)14-24(29)30/h4-9,12,17-18H,3,10-11,13-14H2,1-2H3,(H,29,30). The maximum atomic E-state index is 13.3. The minimum Gasteiger partial charge on any atom is -0.494 e. The van der Waals surface area contributed by atoms with Gasteiger partial charge in [0.05, 0.1) is 41.2 Å². The normalized spacial score (nSPS) is 19.1. The van der Waals surface area contributed by atoms with Crippen LogP contribution in [0.3, 0.4) is 0 Å². The Bertz CT molecular complexity index is 1360. The minimum atomic E-state index is -3.87. The third kappa shape index (κ3) is 4.49. The molecule has 4 rings (SSSR count). The Kier molecular flexibility index (Phi) is 6.59. The van der Waals surface area contributed by atoms with E-state index in [1.807, 2.05) is 32.0 Å². The highest BCUT2D eigenvalue weighted by atomic mass is 32.2. The van der Waals surface area contributed by atoms with Crippen molar-refractivity contribution >= 4 is 26.9 Å². The summed E-state index contributed by atoms with van der Waals surface area (Å²) in [6.45, 7) is 4.42. The number of hydrogen-bond donors (Lipinski definition) is 1. The molecule has 0 amide bonds. The second kappa shape index (κ2) is 9.44. The maximum absolute atomic E-state index is 13.3. The molecule has 0 aliphatic carbocycles. The lowest BCUT2D eigenvalue weighted by molar-refractivity contribution is -0.136. The first-order valence-corrected chi connectivity index (χ1v) is 12.5. The van der Waals surface area contributed by atoms with Crippen LogP contribution in [0, 0.1) is 18.3 Å². The topological polar surface area (TPSA) is 126 Å². The van der Waals surface area contributed by atoms with Crippen LogP contribution in [-0.4, -0.2) is 52.8 Å². The van der Waals surface area contributed by atoms with Crippen LogP contribution in [0.4, 0.5) is 0 Å². The molecule has 1 aliphatic rings. The van der Waals surface area contributed by atoms with E-state index in [0.29, 0.717) is 24.5 Å². The molecule has 9 nitrogen and oxygen atoms in total. The van der Waals surface area contributed by atoms with Crippen molar-refractivity contribution < 1.29 is 23.1 Å². The first-order valence-electron chi connectivity index (χ1n) is 11.1. The Labute approximate surface area is 198 Å². The molecule has 0 radical (unpaired) electrons. The summed E-state index contributed by atoms with van der Waals surface area (Å²) in [5.41, 5.74) is 2.25. The number of carbonyl (C=O) groups is 1. The number of hydrogen-bond acceptors (Lipinski definition) is 6. The number of fused-ring (bicyclic) bond motifs is 1. The zero-order chi connectivity index (χ0) is 24.5. The number of benzene rings is 2. The van der Waals surface area contributed by atoms with E-state index < -0.39 is 22.0 Å². The Hall–Kier alpha value is -3.42. The van der Waals surface area contributed by atoms with Gasteiger partial charge in [-0.3, -0.25) is 9.48 Å². The molecule has 34 heavy (non-hydrogen) atoms. The van der Waals surface area contributed by atoms with Gasteiger partial charge >= 0.3 is 5.97 Å². The summed E-state index contributed by atoms with van der Waals surface area (Å²) in [6, 6.07) is 12.9. The fourth-order valence-electron chi connectivity index (χ4n) is 4.43. The second-order valence-corrected chi connectivity index (χ2v) is 10.2. The number of sulfonamides is 1. The highest BCUT2D eigenvalue weighted by Crippen LogP contribution is 2.34. The summed E-state index contributed by atoms with van der Waals surface area (Å²) >= 11 is 0. The van der Waals surface area contributed by atoms with Crippen molar-refractivity contribution in [2.24, 2.45) is 0 Å². The molecule has 1 saturated heterocycles. The monoisotopic (exact) mass is 482 g/mol. The number of ether oxygens (including phenoxy) is 1. The van der Waals surface area contributed by atoms with Gasteiger partial charge in [-0.05, 0) is 62.6 Å². The fourth-order valence-corrected chi connectivity index (χ4v) is 5.99. The van der Waals surface area contributed by atoms with Crippen LogP contribution >= 0.6 is 0 Å². The van der Waals surface area contributed by atoms with Gasteiger partial charge in [0.1, 0.15) is 11.8 Å². The van der Waals surface area contributed by atoms with Gasteiger partial charge in [-0.1, -0.05) is 12.1 Å². The van der Waals surface area contributed by atoms with Crippen LogP contribution in [-0.2, 0) is 21.2 Å². The predicted molar refractivity (Wildman–Crippen MR) is 125 cm³/mol. The van der Waals surface area contributed by atoms with Crippen molar-refractivity contribution in [3.05, 3.63) is 53.7 Å². The van der Waals surface area contributed by atoms with Gasteiger partial charge in [0.2, 0.25) is 10.0 Å². The van der Waals surface area contributed by atoms with Crippen molar-refractivity contribution in [1.82, 2.24) is 14.1 Å². The molecule has 0 saturated carbocycles. The van der Waals surface area contributed by atoms with Crippen LogP contribution < -0.4 is 4.74 Å². The SMILES string of the molecule is CCOc1ccc(S(=O)(=O)N2CCC(n3nc(CC(=O)O)c4ccc(C)cc43)CC2C#N)cc1. The molecule has 1 N–H and O–H groups in total. The number of nitrogens with zero attached hydrogens (tertiary/aromatic N) is 4. The Morgan fingerprint density at radius 2 is 2.00 bits per heavy atom. The second-order valence-electron chi connectivity index (χ2n) is 8.33. The van der Waals surface area contributed by atoms with Crippen LogP contribution in [0.25, 0.3) is 10.9 Å². The number of aliphatic carboxylic acids is 1. The first-order chi connectivity index (χ1) is 16.2. The van der Waals surface area contributed by atoms with Crippen molar-refractivity contribution in [2.45, 2.75) is 50.1 Å². The third-order valence-electron chi connectivity index (χ3n) is 6.02. The highest BCUT2D eigenvalue weighted by Gasteiger charge is 2.38. The zero-order valence-corrected chi connectivity index (χ0v) is 19.8. The van der Waals surface area contributed by atoms with Crippen LogP contribution in [0.5, 0.6) is 5.75 Å². The van der Waals surface area contributed by atoms with E-state index >= 15 is 0 Å². The lowest BCUT2D eigenvalue weighted by Crippen LogP contribution is -2.45. The average Bonchev–Trinajstić information content (AvgIpc) is 3.15. The van der Waals surface area contributed by atoms with Gasteiger partial charge in [0, 0.05) is 11.9 Å². The van der Waals surface area contributed by atoms with E-state index in [0.717, 1.165) is 16.5 Å². The largest absolute Gasteiger partial charge is 0.494 e. The molecular formula is C24H26N4O5S. The number of piperidine rings is 1. The van der Waals surface area contributed by atoms with E-state index in [-0.39, 0.29) is 30.3 Å². The fraction of sp³-hybridized carbons (Fsp3) is 0.375. The van der Waals surface area contributed by atoms with Crippen molar-refractivity contribution in [2.75, 3.05) is 13.2 Å². The Morgan fingerprint density at radius 3 is 2.65 bits per heavy atom. The summed E-state index contributed by atoms with van der Waals surface area (Å²) in [7, 11) is -3.87. The molecule has 0 spiro atoms. The lowest BCUT2D eigenvalue weighted by atomic mass is 10.00.